The van der Waals surface area contributed by atoms with Crippen molar-refractivity contribution in [2.45, 2.75) is 34.6 Å². The number of hydrogen-bond acceptors (Lipinski definition) is 7. The number of ether oxygens (including phenoxy) is 1. The lowest BCUT2D eigenvalue weighted by atomic mass is 10.2. The molecule has 2 aromatic rings. The highest BCUT2D eigenvalue weighted by Crippen LogP contribution is 2.26. The van der Waals surface area contributed by atoms with Gasteiger partial charge in [-0.3, -0.25) is 9.59 Å². The number of benzene rings is 2. The Hall–Kier alpha value is -2.25. The van der Waals surface area contributed by atoms with Crippen LogP contribution >= 0.6 is 23.4 Å². The molecule has 0 fully saturated rings. The Morgan fingerprint density at radius 1 is 1.12 bits per heavy atom. The van der Waals surface area contributed by atoms with Gasteiger partial charge in [0.25, 0.3) is 11.7 Å². The molecule has 0 bridgehead atoms. The molecule has 13 heteroatoms. The van der Waals surface area contributed by atoms with E-state index in [2.05, 4.69) is 5.32 Å². The van der Waals surface area contributed by atoms with E-state index in [4.69, 9.17) is 16.3 Å². The molecule has 0 radical (unpaired) electrons. The maximum absolute atomic E-state index is 12.4. The van der Waals surface area contributed by atoms with E-state index >= 15 is 0 Å². The third-order valence-electron chi connectivity index (χ3n) is 3.85. The number of nitrogens with one attached hydrogen (secondary N) is 2. The molecule has 0 saturated carbocycles. The minimum atomic E-state index is -4.19. The van der Waals surface area contributed by atoms with Gasteiger partial charge in [-0.25, -0.2) is 8.42 Å². The number of rotatable bonds is 10. The molecule has 0 spiro atoms. The molecule has 0 aliphatic rings. The molecule has 0 saturated heterocycles. The fourth-order valence-electron chi connectivity index (χ4n) is 2.34. The van der Waals surface area contributed by atoms with Crippen molar-refractivity contribution in [2.24, 2.45) is 0 Å². The van der Waals surface area contributed by atoms with E-state index in [9.17, 15) is 31.9 Å². The lowest BCUT2D eigenvalue weighted by molar-refractivity contribution is -0.151. The van der Waals surface area contributed by atoms with Crippen LogP contribution < -0.4 is 10.0 Å². The monoisotopic (exact) mass is 508 g/mol. The highest BCUT2D eigenvalue weighted by atomic mass is 35.5. The third kappa shape index (κ3) is 8.02. The van der Waals surface area contributed by atoms with Crippen molar-refractivity contribution in [3.8, 4) is 0 Å². The number of hydrogen-bond donors (Lipinski definition) is 3. The molecule has 0 heterocycles. The lowest BCUT2D eigenvalue weighted by Crippen LogP contribution is -2.48. The predicted octanol–water partition coefficient (Wildman–Crippen LogP) is 2.86. The minimum Gasteiger partial charge on any atom is -0.454 e. The van der Waals surface area contributed by atoms with E-state index in [-0.39, 0.29) is 10.6 Å². The fraction of sp³-hybridized carbons (Fsp3) is 0.263. The summed E-state index contributed by atoms with van der Waals surface area (Å²) in [6, 6.07) is 8.99. The van der Waals surface area contributed by atoms with Crippen molar-refractivity contribution in [1.29, 1.82) is 0 Å². The van der Waals surface area contributed by atoms with Gasteiger partial charge in [-0.1, -0.05) is 23.4 Å². The average molecular weight is 509 g/mol. The van der Waals surface area contributed by atoms with Gasteiger partial charge in [0.2, 0.25) is 10.0 Å². The summed E-state index contributed by atoms with van der Waals surface area (Å²) >= 11 is 6.07. The molecule has 2 rings (SSSR count). The van der Waals surface area contributed by atoms with E-state index in [1.165, 1.54) is 55.5 Å². The fourth-order valence-corrected chi connectivity index (χ4v) is 4.22. The molecule has 8 nitrogen and oxygen atoms in total. The van der Waals surface area contributed by atoms with E-state index in [0.29, 0.717) is 21.7 Å². The van der Waals surface area contributed by atoms with E-state index in [1.807, 2.05) is 4.72 Å². The van der Waals surface area contributed by atoms with Crippen LogP contribution in [-0.4, -0.2) is 49.9 Å². The zero-order valence-electron chi connectivity index (χ0n) is 16.5. The number of anilines is 1. The number of esters is 1. The number of halogens is 3. The minimum absolute atomic E-state index is 0.188. The number of alkyl halides is 2. The molecule has 3 N–H and O–H groups in total. The number of carbonyl (C=O) groups excluding carboxylic acids is 2. The van der Waals surface area contributed by atoms with Gasteiger partial charge in [-0.05, 0) is 55.5 Å². The van der Waals surface area contributed by atoms with Crippen LogP contribution in [0.15, 0.2) is 58.3 Å². The summed E-state index contributed by atoms with van der Waals surface area (Å²) < 4.78 is 56.4. The predicted molar refractivity (Wildman–Crippen MR) is 115 cm³/mol. The van der Waals surface area contributed by atoms with Crippen LogP contribution in [0.4, 0.5) is 14.5 Å². The maximum atomic E-state index is 12.4. The summed E-state index contributed by atoms with van der Waals surface area (Å²) in [5, 5.41) is 12.5. The summed E-state index contributed by atoms with van der Waals surface area (Å²) in [7, 11) is -4.19. The van der Waals surface area contributed by atoms with Crippen molar-refractivity contribution in [3.05, 3.63) is 53.6 Å². The van der Waals surface area contributed by atoms with Gasteiger partial charge < -0.3 is 15.2 Å². The summed E-state index contributed by atoms with van der Waals surface area (Å²) in [5.41, 5.74) is 0.278. The Morgan fingerprint density at radius 3 is 2.25 bits per heavy atom. The first-order chi connectivity index (χ1) is 15.0. The van der Waals surface area contributed by atoms with Crippen LogP contribution in [0.25, 0.3) is 0 Å². The average Bonchev–Trinajstić information content (AvgIpc) is 2.71. The molecule has 2 aromatic carbocycles. The van der Waals surface area contributed by atoms with Gasteiger partial charge in [0, 0.05) is 15.6 Å². The quantitative estimate of drug-likeness (QED) is 0.333. The van der Waals surface area contributed by atoms with Gasteiger partial charge in [0.1, 0.15) is 6.04 Å². The van der Waals surface area contributed by atoms with Crippen molar-refractivity contribution < 1.29 is 36.6 Å². The van der Waals surface area contributed by atoms with E-state index in [0.717, 1.165) is 0 Å². The summed E-state index contributed by atoms with van der Waals surface area (Å²) in [6.07, 6.45) is -1.47. The molecule has 174 valence electrons. The molecular formula is C19H19ClF2N2O6S2. The van der Waals surface area contributed by atoms with E-state index < -0.39 is 46.4 Å². The van der Waals surface area contributed by atoms with Gasteiger partial charge in [0.15, 0.2) is 6.61 Å². The number of aliphatic hydroxyl groups is 1. The number of sulfonamides is 1. The summed E-state index contributed by atoms with van der Waals surface area (Å²) in [4.78, 5) is 24.4. The Bertz CT molecular complexity index is 1030. The lowest BCUT2D eigenvalue weighted by Gasteiger charge is -2.20. The first kappa shape index (κ1) is 26.0. The van der Waals surface area contributed by atoms with Gasteiger partial charge >= 0.3 is 5.97 Å². The number of thioether (sulfide) groups is 1. The SMILES string of the molecule is CC(O)C(NS(=O)(=O)c1ccc(Cl)cc1)C(=O)OCC(=O)Nc1ccc(SC(F)F)cc1. The van der Waals surface area contributed by atoms with Crippen molar-refractivity contribution in [1.82, 2.24) is 4.72 Å². The molecule has 2 unspecified atom stereocenters. The first-order valence-electron chi connectivity index (χ1n) is 8.95. The number of amides is 1. The Kier molecular flexibility index (Phi) is 9.40. The van der Waals surface area contributed by atoms with Gasteiger partial charge in [-0.2, -0.15) is 13.5 Å². The molecular weight excluding hydrogens is 490 g/mol. The number of carbonyl (C=O) groups is 2. The Labute approximate surface area is 192 Å². The molecule has 0 aromatic heterocycles. The molecule has 32 heavy (non-hydrogen) atoms. The van der Waals surface area contributed by atoms with Crippen molar-refractivity contribution in [2.75, 3.05) is 11.9 Å². The van der Waals surface area contributed by atoms with Crippen LogP contribution in [0.1, 0.15) is 6.92 Å². The van der Waals surface area contributed by atoms with Crippen LogP contribution in [0.2, 0.25) is 5.02 Å². The Morgan fingerprint density at radius 2 is 1.72 bits per heavy atom. The Balaban J connectivity index is 1.94. The zero-order valence-corrected chi connectivity index (χ0v) is 18.9. The molecule has 0 aliphatic carbocycles. The third-order valence-corrected chi connectivity index (χ3v) is 6.28. The van der Waals surface area contributed by atoms with Crippen LogP contribution in [0, 0.1) is 0 Å². The zero-order chi connectivity index (χ0) is 23.9. The standard InChI is InChI=1S/C19H19ClF2N2O6S2/c1-11(25)17(24-32(28,29)15-8-2-12(20)3-9-15)18(27)30-10-16(26)23-13-4-6-14(7-5-13)31-19(21)22/h2-9,11,17,19,24-25H,10H2,1H3,(H,23,26). The van der Waals surface area contributed by atoms with Crippen LogP contribution in [0.3, 0.4) is 0 Å². The second kappa shape index (κ2) is 11.6. The number of aliphatic hydroxyl groups excluding tert-OH is 1. The molecule has 1 amide bonds. The van der Waals surface area contributed by atoms with Gasteiger partial charge in [-0.15, -0.1) is 0 Å². The topological polar surface area (TPSA) is 122 Å². The normalized spacial score (nSPS) is 13.4. The van der Waals surface area contributed by atoms with Crippen molar-refractivity contribution in [3.63, 3.8) is 0 Å². The van der Waals surface area contributed by atoms with Crippen LogP contribution in [0.5, 0.6) is 0 Å². The van der Waals surface area contributed by atoms with Crippen molar-refractivity contribution >= 4 is 50.9 Å². The summed E-state index contributed by atoms with van der Waals surface area (Å²) in [6.45, 7) is 0.410. The maximum Gasteiger partial charge on any atom is 0.327 e. The largest absolute Gasteiger partial charge is 0.454 e. The first-order valence-corrected chi connectivity index (χ1v) is 11.7. The van der Waals surface area contributed by atoms with Crippen LogP contribution in [-0.2, 0) is 24.3 Å². The summed E-state index contributed by atoms with van der Waals surface area (Å²) in [5.74, 6) is -4.50. The highest BCUT2D eigenvalue weighted by Gasteiger charge is 2.31. The smallest absolute Gasteiger partial charge is 0.327 e. The van der Waals surface area contributed by atoms with Gasteiger partial charge in [0.05, 0.1) is 11.0 Å². The molecule has 2 atom stereocenters. The van der Waals surface area contributed by atoms with E-state index in [1.54, 1.807) is 0 Å². The molecule has 0 aliphatic heterocycles. The second-order valence-corrected chi connectivity index (χ2v) is 9.57. The second-order valence-electron chi connectivity index (χ2n) is 6.35. The highest BCUT2D eigenvalue weighted by molar-refractivity contribution is 7.99.